The van der Waals surface area contributed by atoms with Gasteiger partial charge in [-0.1, -0.05) is 13.8 Å². The van der Waals surface area contributed by atoms with Gasteiger partial charge in [0.2, 0.25) is 0 Å². The number of nitrogens with zero attached hydrogens (tertiary/aromatic N) is 1. The van der Waals surface area contributed by atoms with Crippen LogP contribution in [-0.2, 0) is 0 Å². The van der Waals surface area contributed by atoms with E-state index in [-0.39, 0.29) is 5.54 Å². The zero-order valence-corrected chi connectivity index (χ0v) is 9.72. The third-order valence-electron chi connectivity index (χ3n) is 3.50. The SMILES string of the molecule is CCC1(CC)CNc2c(C)ccnc2N1. The third-order valence-corrected chi connectivity index (χ3v) is 3.50. The van der Waals surface area contributed by atoms with Gasteiger partial charge in [0.1, 0.15) is 5.82 Å². The molecule has 1 aromatic heterocycles. The van der Waals surface area contributed by atoms with Crippen molar-refractivity contribution in [2.45, 2.75) is 39.2 Å². The number of pyridine rings is 1. The summed E-state index contributed by atoms with van der Waals surface area (Å²) in [6.07, 6.45) is 4.10. The predicted molar refractivity (Wildman–Crippen MR) is 64.4 cm³/mol. The molecular formula is C12H19N3. The van der Waals surface area contributed by atoms with Gasteiger partial charge in [0.25, 0.3) is 0 Å². The van der Waals surface area contributed by atoms with Gasteiger partial charge in [-0.2, -0.15) is 0 Å². The van der Waals surface area contributed by atoms with E-state index in [1.54, 1.807) is 0 Å². The van der Waals surface area contributed by atoms with Gasteiger partial charge < -0.3 is 10.6 Å². The van der Waals surface area contributed by atoms with Crippen molar-refractivity contribution >= 4 is 11.5 Å². The Morgan fingerprint density at radius 3 is 2.80 bits per heavy atom. The molecule has 15 heavy (non-hydrogen) atoms. The van der Waals surface area contributed by atoms with Gasteiger partial charge in [0, 0.05) is 12.7 Å². The zero-order valence-electron chi connectivity index (χ0n) is 9.72. The molecule has 2 rings (SSSR count). The number of aromatic nitrogens is 1. The van der Waals surface area contributed by atoms with Crippen molar-refractivity contribution in [3.63, 3.8) is 0 Å². The van der Waals surface area contributed by atoms with Crippen molar-refractivity contribution in [3.8, 4) is 0 Å². The van der Waals surface area contributed by atoms with Crippen molar-refractivity contribution in [1.29, 1.82) is 0 Å². The maximum absolute atomic E-state index is 4.40. The molecule has 0 spiro atoms. The van der Waals surface area contributed by atoms with Crippen LogP contribution in [0.1, 0.15) is 32.3 Å². The summed E-state index contributed by atoms with van der Waals surface area (Å²) >= 11 is 0. The first-order valence-corrected chi connectivity index (χ1v) is 5.68. The van der Waals surface area contributed by atoms with Crippen LogP contribution >= 0.6 is 0 Å². The maximum atomic E-state index is 4.40. The van der Waals surface area contributed by atoms with Crippen LogP contribution < -0.4 is 10.6 Å². The smallest absolute Gasteiger partial charge is 0.150 e. The molecular weight excluding hydrogens is 186 g/mol. The van der Waals surface area contributed by atoms with Gasteiger partial charge in [-0.25, -0.2) is 4.98 Å². The van der Waals surface area contributed by atoms with Crippen molar-refractivity contribution in [3.05, 3.63) is 17.8 Å². The van der Waals surface area contributed by atoms with Crippen LogP contribution in [-0.4, -0.2) is 17.1 Å². The number of fused-ring (bicyclic) bond motifs is 1. The van der Waals surface area contributed by atoms with Gasteiger partial charge in [-0.05, 0) is 31.4 Å². The Balaban J connectivity index is 2.34. The highest BCUT2D eigenvalue weighted by Crippen LogP contribution is 2.33. The number of aryl methyl sites for hydroxylation is 1. The Morgan fingerprint density at radius 1 is 1.40 bits per heavy atom. The fraction of sp³-hybridized carbons (Fsp3) is 0.583. The Morgan fingerprint density at radius 2 is 2.13 bits per heavy atom. The number of anilines is 2. The lowest BCUT2D eigenvalue weighted by Crippen LogP contribution is -2.47. The first kappa shape index (κ1) is 10.3. The number of rotatable bonds is 2. The molecule has 1 aliphatic rings. The Bertz CT molecular complexity index is 356. The average Bonchev–Trinajstić information content (AvgIpc) is 2.29. The molecule has 1 aromatic rings. The molecule has 2 N–H and O–H groups in total. The van der Waals surface area contributed by atoms with Gasteiger partial charge in [-0.15, -0.1) is 0 Å². The first-order chi connectivity index (χ1) is 7.21. The van der Waals surface area contributed by atoms with Crippen LogP contribution in [0.2, 0.25) is 0 Å². The van der Waals surface area contributed by atoms with E-state index in [2.05, 4.69) is 36.4 Å². The van der Waals surface area contributed by atoms with Gasteiger partial charge in [-0.3, -0.25) is 0 Å². The largest absolute Gasteiger partial charge is 0.379 e. The van der Waals surface area contributed by atoms with E-state index in [1.807, 2.05) is 12.3 Å². The van der Waals surface area contributed by atoms with E-state index in [9.17, 15) is 0 Å². The lowest BCUT2D eigenvalue weighted by molar-refractivity contribution is 0.449. The van der Waals surface area contributed by atoms with E-state index in [4.69, 9.17) is 0 Å². The summed E-state index contributed by atoms with van der Waals surface area (Å²) < 4.78 is 0. The molecule has 0 aliphatic carbocycles. The topological polar surface area (TPSA) is 37.0 Å². The van der Waals surface area contributed by atoms with E-state index in [0.717, 1.165) is 30.9 Å². The van der Waals surface area contributed by atoms with Crippen molar-refractivity contribution in [2.75, 3.05) is 17.2 Å². The van der Waals surface area contributed by atoms with Crippen LogP contribution in [0, 0.1) is 6.92 Å². The molecule has 0 saturated heterocycles. The molecule has 3 heteroatoms. The molecule has 0 radical (unpaired) electrons. The van der Waals surface area contributed by atoms with E-state index in [1.165, 1.54) is 5.56 Å². The van der Waals surface area contributed by atoms with E-state index < -0.39 is 0 Å². The minimum atomic E-state index is 0.174. The summed E-state index contributed by atoms with van der Waals surface area (Å²) in [6.45, 7) is 7.54. The number of hydrogen-bond acceptors (Lipinski definition) is 3. The summed E-state index contributed by atoms with van der Waals surface area (Å²) in [7, 11) is 0. The summed E-state index contributed by atoms with van der Waals surface area (Å²) in [5, 5.41) is 7.08. The molecule has 0 bridgehead atoms. The highest BCUT2D eigenvalue weighted by Gasteiger charge is 2.31. The molecule has 0 aromatic carbocycles. The minimum absolute atomic E-state index is 0.174. The van der Waals surface area contributed by atoms with Crippen LogP contribution in [0.15, 0.2) is 12.3 Å². The summed E-state index contributed by atoms with van der Waals surface area (Å²) in [6, 6.07) is 2.04. The normalized spacial score (nSPS) is 17.5. The minimum Gasteiger partial charge on any atom is -0.379 e. The monoisotopic (exact) mass is 205 g/mol. The highest BCUT2D eigenvalue weighted by molar-refractivity contribution is 5.71. The van der Waals surface area contributed by atoms with Gasteiger partial charge in [0.15, 0.2) is 0 Å². The quantitative estimate of drug-likeness (QED) is 0.779. The maximum Gasteiger partial charge on any atom is 0.150 e. The predicted octanol–water partition coefficient (Wildman–Crippen LogP) is 2.79. The fourth-order valence-electron chi connectivity index (χ4n) is 2.11. The zero-order chi connectivity index (χ0) is 10.9. The average molecular weight is 205 g/mol. The standard InChI is InChI=1S/C12H19N3/c1-4-12(5-2)8-14-10-9(3)6-7-13-11(10)15-12/h6-7,14H,4-5,8H2,1-3H3,(H,13,15). The fourth-order valence-corrected chi connectivity index (χ4v) is 2.11. The van der Waals surface area contributed by atoms with E-state index >= 15 is 0 Å². The Labute approximate surface area is 91.3 Å². The molecule has 0 amide bonds. The number of hydrogen-bond donors (Lipinski definition) is 2. The van der Waals surface area contributed by atoms with Crippen molar-refractivity contribution in [2.24, 2.45) is 0 Å². The molecule has 2 heterocycles. The summed E-state index contributed by atoms with van der Waals surface area (Å²) in [4.78, 5) is 4.40. The van der Waals surface area contributed by atoms with E-state index in [0.29, 0.717) is 0 Å². The first-order valence-electron chi connectivity index (χ1n) is 5.68. The van der Waals surface area contributed by atoms with Crippen LogP contribution in [0.5, 0.6) is 0 Å². The second-order valence-electron chi connectivity index (χ2n) is 4.32. The van der Waals surface area contributed by atoms with Crippen LogP contribution in [0.4, 0.5) is 11.5 Å². The number of nitrogens with one attached hydrogen (secondary N) is 2. The molecule has 82 valence electrons. The highest BCUT2D eigenvalue weighted by atomic mass is 15.2. The van der Waals surface area contributed by atoms with Crippen LogP contribution in [0.25, 0.3) is 0 Å². The summed E-state index contributed by atoms with van der Waals surface area (Å²) in [5.41, 5.74) is 2.59. The molecule has 0 saturated carbocycles. The van der Waals surface area contributed by atoms with Crippen molar-refractivity contribution in [1.82, 2.24) is 4.98 Å². The Hall–Kier alpha value is -1.25. The lowest BCUT2D eigenvalue weighted by atomic mass is 9.90. The second kappa shape index (κ2) is 3.72. The second-order valence-corrected chi connectivity index (χ2v) is 4.32. The van der Waals surface area contributed by atoms with Crippen LogP contribution in [0.3, 0.4) is 0 Å². The molecule has 3 nitrogen and oxygen atoms in total. The molecule has 1 aliphatic heterocycles. The lowest BCUT2D eigenvalue weighted by Gasteiger charge is -2.39. The van der Waals surface area contributed by atoms with Crippen molar-refractivity contribution < 1.29 is 0 Å². The molecule has 0 unspecified atom stereocenters. The molecule has 0 fully saturated rings. The third kappa shape index (κ3) is 1.66. The molecule has 0 atom stereocenters. The van der Waals surface area contributed by atoms with Gasteiger partial charge >= 0.3 is 0 Å². The summed E-state index contributed by atoms with van der Waals surface area (Å²) in [5.74, 6) is 1.00. The Kier molecular flexibility index (Phi) is 2.55. The van der Waals surface area contributed by atoms with Gasteiger partial charge in [0.05, 0.1) is 11.2 Å².